The van der Waals surface area contributed by atoms with Gasteiger partial charge in [0.05, 0.1) is 10.8 Å². The van der Waals surface area contributed by atoms with Gasteiger partial charge in [-0.2, -0.15) is 4.31 Å². The monoisotopic (exact) mass is 326 g/mol. The molecule has 1 amide bonds. The van der Waals surface area contributed by atoms with Crippen LogP contribution in [0.4, 0.5) is 0 Å². The van der Waals surface area contributed by atoms with E-state index in [4.69, 9.17) is 10.8 Å². The highest BCUT2D eigenvalue weighted by atomic mass is 32.2. The van der Waals surface area contributed by atoms with E-state index in [1.165, 1.54) is 18.2 Å². The number of benzene rings is 1. The zero-order valence-electron chi connectivity index (χ0n) is 12.2. The summed E-state index contributed by atoms with van der Waals surface area (Å²) < 4.78 is 26.4. The molecule has 120 valence electrons. The Morgan fingerprint density at radius 3 is 2.64 bits per heavy atom. The second-order valence-corrected chi connectivity index (χ2v) is 7.32. The summed E-state index contributed by atoms with van der Waals surface area (Å²) in [6.07, 6.45) is 0.951. The first-order valence-electron chi connectivity index (χ1n) is 6.87. The molecule has 8 heteroatoms. The van der Waals surface area contributed by atoms with Crippen LogP contribution in [0.2, 0.25) is 0 Å². The van der Waals surface area contributed by atoms with Crippen molar-refractivity contribution in [2.45, 2.75) is 24.7 Å². The van der Waals surface area contributed by atoms with E-state index in [1.54, 1.807) is 6.92 Å². The molecule has 0 spiro atoms. The lowest BCUT2D eigenvalue weighted by atomic mass is 10.0. The van der Waals surface area contributed by atoms with E-state index in [-0.39, 0.29) is 23.5 Å². The Balaban J connectivity index is 2.36. The van der Waals surface area contributed by atoms with Gasteiger partial charge in [0.2, 0.25) is 15.9 Å². The van der Waals surface area contributed by atoms with Gasteiger partial charge in [0.1, 0.15) is 0 Å². The molecule has 1 saturated heterocycles. The Morgan fingerprint density at radius 2 is 2.05 bits per heavy atom. The van der Waals surface area contributed by atoms with Gasteiger partial charge in [0.25, 0.3) is 0 Å². The Kier molecular flexibility index (Phi) is 4.52. The molecule has 0 unspecified atom stereocenters. The summed E-state index contributed by atoms with van der Waals surface area (Å²) >= 11 is 0. The summed E-state index contributed by atoms with van der Waals surface area (Å²) in [5.41, 5.74) is 5.98. The van der Waals surface area contributed by atoms with Crippen molar-refractivity contribution in [3.63, 3.8) is 0 Å². The quantitative estimate of drug-likeness (QED) is 0.839. The second kappa shape index (κ2) is 6.05. The lowest BCUT2D eigenvalue weighted by molar-refractivity contribution is -0.142. The largest absolute Gasteiger partial charge is 0.481 e. The fourth-order valence-electron chi connectivity index (χ4n) is 2.54. The SMILES string of the molecule is Cc1ccc(S(=O)(=O)N2CCC[C@@H](C(=O)O)C2)cc1C(N)=O. The third-order valence-electron chi connectivity index (χ3n) is 3.85. The van der Waals surface area contributed by atoms with Crippen molar-refractivity contribution in [1.29, 1.82) is 0 Å². The maximum atomic E-state index is 12.6. The van der Waals surface area contributed by atoms with Crippen molar-refractivity contribution in [2.75, 3.05) is 13.1 Å². The standard InChI is InChI=1S/C14H18N2O5S/c1-9-4-5-11(7-12(9)13(15)17)22(20,21)16-6-2-3-10(8-16)14(18)19/h4-5,7,10H,2-3,6,8H2,1H3,(H2,15,17)(H,18,19)/t10-/m1/s1. The number of nitrogens with two attached hydrogens (primary N) is 1. The molecule has 0 radical (unpaired) electrons. The van der Waals surface area contributed by atoms with Crippen molar-refractivity contribution in [3.05, 3.63) is 29.3 Å². The topological polar surface area (TPSA) is 118 Å². The summed E-state index contributed by atoms with van der Waals surface area (Å²) in [5, 5.41) is 9.06. The molecule has 2 rings (SSSR count). The Bertz CT molecular complexity index is 714. The zero-order chi connectivity index (χ0) is 16.5. The van der Waals surface area contributed by atoms with Crippen LogP contribution in [0.5, 0.6) is 0 Å². The van der Waals surface area contributed by atoms with Crippen molar-refractivity contribution in [1.82, 2.24) is 4.31 Å². The predicted molar refractivity (Wildman–Crippen MR) is 78.8 cm³/mol. The number of carboxylic acids is 1. The molecule has 1 atom stereocenters. The van der Waals surface area contributed by atoms with Gasteiger partial charge < -0.3 is 10.8 Å². The Hall–Kier alpha value is -1.93. The maximum Gasteiger partial charge on any atom is 0.307 e. The van der Waals surface area contributed by atoms with Crippen LogP contribution in [0.15, 0.2) is 23.1 Å². The summed E-state index contributed by atoms with van der Waals surface area (Å²) in [4.78, 5) is 22.4. The van der Waals surface area contributed by atoms with Crippen LogP contribution in [0.3, 0.4) is 0 Å². The summed E-state index contributed by atoms with van der Waals surface area (Å²) in [5.74, 6) is -2.40. The Labute approximate surface area is 128 Å². The minimum atomic E-state index is -3.84. The third-order valence-corrected chi connectivity index (χ3v) is 5.71. The van der Waals surface area contributed by atoms with E-state index >= 15 is 0 Å². The van der Waals surface area contributed by atoms with Gasteiger partial charge in [-0.1, -0.05) is 6.07 Å². The van der Waals surface area contributed by atoms with Crippen LogP contribution >= 0.6 is 0 Å². The molecular formula is C14H18N2O5S. The molecule has 1 fully saturated rings. The number of rotatable bonds is 4. The fourth-order valence-corrected chi connectivity index (χ4v) is 4.09. The molecular weight excluding hydrogens is 308 g/mol. The number of carbonyl (C=O) groups excluding carboxylic acids is 1. The number of amides is 1. The van der Waals surface area contributed by atoms with E-state index in [9.17, 15) is 18.0 Å². The summed E-state index contributed by atoms with van der Waals surface area (Å²) in [6.45, 7) is 1.88. The minimum Gasteiger partial charge on any atom is -0.481 e. The average molecular weight is 326 g/mol. The van der Waals surface area contributed by atoms with Gasteiger partial charge in [-0.05, 0) is 37.5 Å². The van der Waals surface area contributed by atoms with Crippen LogP contribution in [-0.2, 0) is 14.8 Å². The van der Waals surface area contributed by atoms with Gasteiger partial charge in [-0.15, -0.1) is 0 Å². The van der Waals surface area contributed by atoms with Gasteiger partial charge in [0, 0.05) is 18.7 Å². The highest BCUT2D eigenvalue weighted by molar-refractivity contribution is 7.89. The van der Waals surface area contributed by atoms with E-state index in [0.29, 0.717) is 18.4 Å². The third kappa shape index (κ3) is 3.12. The maximum absolute atomic E-state index is 12.6. The molecule has 1 aromatic carbocycles. The molecule has 1 aromatic rings. The highest BCUT2D eigenvalue weighted by Gasteiger charge is 2.33. The predicted octanol–water partition coefficient (Wildman–Crippen LogP) is 0.579. The van der Waals surface area contributed by atoms with Crippen LogP contribution < -0.4 is 5.73 Å². The first-order chi connectivity index (χ1) is 10.2. The molecule has 0 saturated carbocycles. The number of carboxylic acid groups (broad SMARTS) is 1. The zero-order valence-corrected chi connectivity index (χ0v) is 13.0. The van der Waals surface area contributed by atoms with Crippen LogP contribution in [-0.4, -0.2) is 42.8 Å². The molecule has 7 nitrogen and oxygen atoms in total. The first kappa shape index (κ1) is 16.4. The molecule has 3 N–H and O–H groups in total. The molecule has 0 aliphatic carbocycles. The molecule has 0 aromatic heterocycles. The lowest BCUT2D eigenvalue weighted by Crippen LogP contribution is -2.42. The highest BCUT2D eigenvalue weighted by Crippen LogP contribution is 2.25. The number of hydrogen-bond acceptors (Lipinski definition) is 4. The van der Waals surface area contributed by atoms with E-state index in [0.717, 1.165) is 4.31 Å². The summed E-state index contributed by atoms with van der Waals surface area (Å²) in [7, 11) is -3.84. The van der Waals surface area contributed by atoms with E-state index < -0.39 is 27.8 Å². The molecule has 1 aliphatic heterocycles. The summed E-state index contributed by atoms with van der Waals surface area (Å²) in [6, 6.07) is 4.17. The fraction of sp³-hybridized carbons (Fsp3) is 0.429. The van der Waals surface area contributed by atoms with Gasteiger partial charge in [0.15, 0.2) is 0 Å². The number of primary amides is 1. The molecule has 0 bridgehead atoms. The van der Waals surface area contributed by atoms with Crippen molar-refractivity contribution >= 4 is 21.9 Å². The average Bonchev–Trinajstić information content (AvgIpc) is 2.47. The molecule has 1 heterocycles. The second-order valence-electron chi connectivity index (χ2n) is 5.38. The van der Waals surface area contributed by atoms with Gasteiger partial charge >= 0.3 is 5.97 Å². The van der Waals surface area contributed by atoms with Crippen molar-refractivity contribution in [2.24, 2.45) is 11.7 Å². The van der Waals surface area contributed by atoms with Crippen LogP contribution in [0.25, 0.3) is 0 Å². The number of sulfonamides is 1. The van der Waals surface area contributed by atoms with Crippen LogP contribution in [0, 0.1) is 12.8 Å². The van der Waals surface area contributed by atoms with Crippen molar-refractivity contribution < 1.29 is 23.1 Å². The van der Waals surface area contributed by atoms with Gasteiger partial charge in [-0.25, -0.2) is 8.42 Å². The van der Waals surface area contributed by atoms with Crippen molar-refractivity contribution in [3.8, 4) is 0 Å². The van der Waals surface area contributed by atoms with E-state index in [1.807, 2.05) is 0 Å². The number of aryl methyl sites for hydroxylation is 1. The number of hydrogen-bond donors (Lipinski definition) is 2. The normalized spacial score (nSPS) is 19.8. The number of aliphatic carboxylic acids is 1. The van der Waals surface area contributed by atoms with E-state index in [2.05, 4.69) is 0 Å². The first-order valence-corrected chi connectivity index (χ1v) is 8.31. The smallest absolute Gasteiger partial charge is 0.307 e. The number of piperidine rings is 1. The lowest BCUT2D eigenvalue weighted by Gasteiger charge is -2.29. The molecule has 1 aliphatic rings. The number of carbonyl (C=O) groups is 2. The molecule has 22 heavy (non-hydrogen) atoms. The minimum absolute atomic E-state index is 0.0436. The van der Waals surface area contributed by atoms with Gasteiger partial charge in [-0.3, -0.25) is 9.59 Å². The van der Waals surface area contributed by atoms with Crippen LogP contribution in [0.1, 0.15) is 28.8 Å². The Morgan fingerprint density at radius 1 is 1.36 bits per heavy atom. The number of nitrogens with zero attached hydrogens (tertiary/aromatic N) is 1.